The molecular weight excluding hydrogens is 456 g/mol. The van der Waals surface area contributed by atoms with Crippen LogP contribution in [0.25, 0.3) is 0 Å². The third kappa shape index (κ3) is 7.52. The topological polar surface area (TPSA) is 130 Å². The van der Waals surface area contributed by atoms with Crippen LogP contribution in [-0.2, 0) is 4.79 Å². The van der Waals surface area contributed by atoms with E-state index in [-0.39, 0.29) is 11.7 Å². The smallest absolute Gasteiger partial charge is 0.240 e. The number of amides is 1. The Morgan fingerprint density at radius 2 is 2.16 bits per heavy atom. The summed E-state index contributed by atoms with van der Waals surface area (Å²) in [6, 6.07) is 7.47. The number of hydrogen-bond donors (Lipinski definition) is 3. The number of carbonyl (C=O) groups is 1. The van der Waals surface area contributed by atoms with E-state index in [0.717, 1.165) is 22.1 Å². The minimum atomic E-state index is -0.196. The highest BCUT2D eigenvalue weighted by Gasteiger charge is 2.12. The molecule has 0 saturated heterocycles. The van der Waals surface area contributed by atoms with Crippen molar-refractivity contribution in [2.24, 2.45) is 5.10 Å². The van der Waals surface area contributed by atoms with E-state index in [1.165, 1.54) is 23.1 Å². The molecule has 1 amide bonds. The Labute approximate surface area is 192 Å². The molecule has 2 heterocycles. The van der Waals surface area contributed by atoms with Crippen molar-refractivity contribution in [3.8, 4) is 5.75 Å². The van der Waals surface area contributed by atoms with Crippen molar-refractivity contribution in [1.82, 2.24) is 25.4 Å². The molecule has 0 aliphatic carbocycles. The predicted octanol–water partition coefficient (Wildman–Crippen LogP) is 3.73. The van der Waals surface area contributed by atoms with Crippen molar-refractivity contribution in [2.75, 3.05) is 23.6 Å². The molecule has 3 aromatic rings. The number of hydrazone groups is 1. The lowest BCUT2D eigenvalue weighted by molar-refractivity contribution is -0.113. The van der Waals surface area contributed by atoms with Gasteiger partial charge in [-0.05, 0) is 36.2 Å². The second-order valence-corrected chi connectivity index (χ2v) is 9.76. The molecule has 0 saturated carbocycles. The molecule has 0 aliphatic rings. The number of anilines is 2. The molecule has 2 aromatic heterocycles. The summed E-state index contributed by atoms with van der Waals surface area (Å²) in [5.41, 5.74) is 3.67. The number of carbonyl (C=O) groups excluding carboxylic acids is 1. The molecule has 0 spiro atoms. The van der Waals surface area contributed by atoms with E-state index in [1.54, 1.807) is 25.1 Å². The molecule has 13 heteroatoms. The van der Waals surface area contributed by atoms with Crippen LogP contribution in [0.1, 0.15) is 25.8 Å². The third-order valence-corrected chi connectivity index (χ3v) is 6.87. The third-order valence-electron chi connectivity index (χ3n) is 3.83. The van der Waals surface area contributed by atoms with Crippen molar-refractivity contribution in [2.45, 2.75) is 35.0 Å². The second kappa shape index (κ2) is 11.7. The molecule has 3 N–H and O–H groups in total. The van der Waals surface area contributed by atoms with Gasteiger partial charge in [0.1, 0.15) is 5.75 Å². The summed E-state index contributed by atoms with van der Waals surface area (Å²) in [5, 5.41) is 23.1. The van der Waals surface area contributed by atoms with E-state index in [0.29, 0.717) is 21.5 Å². The van der Waals surface area contributed by atoms with Crippen molar-refractivity contribution in [3.63, 3.8) is 0 Å². The Morgan fingerprint density at radius 1 is 1.35 bits per heavy atom. The maximum absolute atomic E-state index is 12.1. The summed E-state index contributed by atoms with van der Waals surface area (Å²) in [6.45, 7) is 4.25. The zero-order chi connectivity index (χ0) is 22.1. The minimum absolute atomic E-state index is 0.153. The van der Waals surface area contributed by atoms with Crippen molar-refractivity contribution >= 4 is 58.1 Å². The lowest BCUT2D eigenvalue weighted by Gasteiger charge is -2.02. The van der Waals surface area contributed by atoms with Crippen LogP contribution in [0.5, 0.6) is 5.75 Å². The molecule has 31 heavy (non-hydrogen) atoms. The monoisotopic (exact) mass is 478 g/mol. The number of H-pyrrole nitrogens is 1. The van der Waals surface area contributed by atoms with Gasteiger partial charge in [-0.15, -0.1) is 15.3 Å². The maximum atomic E-state index is 12.1. The lowest BCUT2D eigenvalue weighted by Crippen LogP contribution is -2.13. The number of thioether (sulfide) groups is 2. The molecule has 0 aliphatic heterocycles. The van der Waals surface area contributed by atoms with Gasteiger partial charge in [-0.25, -0.2) is 10.5 Å². The first-order valence-electron chi connectivity index (χ1n) is 9.34. The van der Waals surface area contributed by atoms with Crippen molar-refractivity contribution < 1.29 is 9.53 Å². The molecular formula is C18H22N8O2S3. The largest absolute Gasteiger partial charge is 0.497 e. The first kappa shape index (κ1) is 23.0. The summed E-state index contributed by atoms with van der Waals surface area (Å²) in [4.78, 5) is 16.4. The number of nitrogens with zero attached hydrogens (tertiary/aromatic N) is 5. The fourth-order valence-electron chi connectivity index (χ4n) is 2.07. The van der Waals surface area contributed by atoms with Gasteiger partial charge in [0.05, 0.1) is 19.1 Å². The van der Waals surface area contributed by atoms with Crippen LogP contribution in [-0.4, -0.2) is 55.6 Å². The van der Waals surface area contributed by atoms with E-state index in [9.17, 15) is 4.79 Å². The highest BCUT2D eigenvalue weighted by Crippen LogP contribution is 2.30. The molecule has 1 atom stereocenters. The van der Waals surface area contributed by atoms with Gasteiger partial charge in [0.25, 0.3) is 0 Å². The molecule has 0 fully saturated rings. The van der Waals surface area contributed by atoms with Crippen LogP contribution in [0.2, 0.25) is 0 Å². The molecule has 0 unspecified atom stereocenters. The van der Waals surface area contributed by atoms with Crippen molar-refractivity contribution in [3.05, 3.63) is 29.8 Å². The average molecular weight is 479 g/mol. The minimum Gasteiger partial charge on any atom is -0.497 e. The van der Waals surface area contributed by atoms with Gasteiger partial charge >= 0.3 is 0 Å². The Bertz CT molecular complexity index is 1010. The van der Waals surface area contributed by atoms with E-state index in [4.69, 9.17) is 4.74 Å². The van der Waals surface area contributed by atoms with E-state index in [2.05, 4.69) is 55.1 Å². The number of aromatic amines is 1. The quantitative estimate of drug-likeness (QED) is 0.163. The van der Waals surface area contributed by atoms with Gasteiger partial charge in [0, 0.05) is 5.25 Å². The van der Waals surface area contributed by atoms with E-state index >= 15 is 0 Å². The summed E-state index contributed by atoms with van der Waals surface area (Å²) in [6.07, 6.45) is 2.70. The predicted molar refractivity (Wildman–Crippen MR) is 125 cm³/mol. The Balaban J connectivity index is 1.42. The van der Waals surface area contributed by atoms with Crippen LogP contribution in [0, 0.1) is 0 Å². The van der Waals surface area contributed by atoms with Gasteiger partial charge in [0.2, 0.25) is 22.1 Å². The van der Waals surface area contributed by atoms with Gasteiger partial charge in [-0.1, -0.05) is 48.7 Å². The first-order chi connectivity index (χ1) is 15.1. The molecule has 3 rings (SSSR count). The zero-order valence-electron chi connectivity index (χ0n) is 17.2. The number of rotatable bonds is 11. The highest BCUT2D eigenvalue weighted by molar-refractivity contribution is 8.01. The van der Waals surface area contributed by atoms with Crippen molar-refractivity contribution in [1.29, 1.82) is 0 Å². The van der Waals surface area contributed by atoms with Gasteiger partial charge in [0.15, 0.2) is 4.34 Å². The highest BCUT2D eigenvalue weighted by atomic mass is 32.2. The Kier molecular flexibility index (Phi) is 8.67. The van der Waals surface area contributed by atoms with Gasteiger partial charge in [-0.3, -0.25) is 10.1 Å². The number of methoxy groups -OCH3 is 1. The van der Waals surface area contributed by atoms with Crippen LogP contribution >= 0.6 is 34.9 Å². The van der Waals surface area contributed by atoms with Crippen LogP contribution in [0.3, 0.4) is 0 Å². The van der Waals surface area contributed by atoms with Crippen LogP contribution < -0.4 is 15.5 Å². The molecule has 10 nitrogen and oxygen atoms in total. The number of nitrogens with one attached hydrogen (secondary N) is 3. The molecule has 0 radical (unpaired) electrons. The zero-order valence-corrected chi connectivity index (χ0v) is 19.6. The summed E-state index contributed by atoms with van der Waals surface area (Å²) >= 11 is 4.22. The van der Waals surface area contributed by atoms with Gasteiger partial charge < -0.3 is 4.74 Å². The normalized spacial score (nSPS) is 12.1. The Hall–Kier alpha value is -2.64. The first-order valence-corrected chi connectivity index (χ1v) is 12.0. The average Bonchev–Trinajstić information content (AvgIpc) is 3.42. The fourth-order valence-corrected chi connectivity index (χ4v) is 4.68. The number of benzene rings is 1. The molecule has 1 aromatic carbocycles. The SMILES string of the molecule is CC[C@@H](C)Sc1nnc(NC(=O)CSc2n[nH]c(N/N=C\c3ccc(OC)cc3)n2)s1. The number of hydrogen-bond acceptors (Lipinski definition) is 11. The van der Waals surface area contributed by atoms with Gasteiger partial charge in [-0.2, -0.15) is 10.1 Å². The maximum Gasteiger partial charge on any atom is 0.240 e. The second-order valence-electron chi connectivity index (χ2n) is 6.16. The summed E-state index contributed by atoms with van der Waals surface area (Å²) in [5.74, 6) is 1.11. The van der Waals surface area contributed by atoms with E-state index < -0.39 is 0 Å². The Morgan fingerprint density at radius 3 is 2.90 bits per heavy atom. The standard InChI is InChI=1S/C18H22N8O2S3/c1-4-11(2)30-18-26-25-17(31-18)20-14(27)10-29-16-21-15(23-24-16)22-19-9-12-5-7-13(28-3)8-6-12/h5-9,11H,4,10H2,1-3H3,(H,20,25,27)(H2,21,22,23,24)/b19-9-/t11-/m1/s1. The van der Waals surface area contributed by atoms with Crippen LogP contribution in [0.15, 0.2) is 38.9 Å². The van der Waals surface area contributed by atoms with E-state index in [1.807, 2.05) is 24.3 Å². The fraction of sp³-hybridized carbons (Fsp3) is 0.333. The summed E-state index contributed by atoms with van der Waals surface area (Å²) in [7, 11) is 1.62. The molecule has 0 bridgehead atoms. The number of ether oxygens (including phenoxy) is 1. The number of aromatic nitrogens is 5. The summed E-state index contributed by atoms with van der Waals surface area (Å²) < 4.78 is 5.96. The molecule has 164 valence electrons. The van der Waals surface area contributed by atoms with Crippen LogP contribution in [0.4, 0.5) is 11.1 Å². The lowest BCUT2D eigenvalue weighted by atomic mass is 10.2.